The third-order valence-corrected chi connectivity index (χ3v) is 13.9. The first-order valence-electron chi connectivity index (χ1n) is 25.3. The van der Waals surface area contributed by atoms with Crippen LogP contribution < -0.4 is 31.7 Å². The molecule has 0 spiro atoms. The van der Waals surface area contributed by atoms with Crippen LogP contribution in [-0.2, 0) is 48.0 Å². The molecular formula is C53H59N15O9. The summed E-state index contributed by atoms with van der Waals surface area (Å²) in [4.78, 5) is 114. The number of piperidine rings is 1. The number of rotatable bonds is 21. The molecule has 2 aliphatic heterocycles. The normalized spacial score (nSPS) is 14.3. The number of primary amides is 1. The lowest BCUT2D eigenvalue weighted by Gasteiger charge is -2.27. The molecule has 1 unspecified atom stereocenters. The number of benzene rings is 3. The summed E-state index contributed by atoms with van der Waals surface area (Å²) in [6.07, 6.45) is 3.64. The number of hydrogen-bond donors (Lipinski definition) is 5. The summed E-state index contributed by atoms with van der Waals surface area (Å²) in [5, 5.41) is 20.7. The van der Waals surface area contributed by atoms with Crippen molar-refractivity contribution in [3.8, 4) is 5.75 Å². The molecule has 0 radical (unpaired) electrons. The summed E-state index contributed by atoms with van der Waals surface area (Å²) in [5.41, 5.74) is 12.0. The second kappa shape index (κ2) is 21.9. The number of imide groups is 2. The van der Waals surface area contributed by atoms with Crippen LogP contribution in [0.25, 0.3) is 22.1 Å². The van der Waals surface area contributed by atoms with E-state index in [0.29, 0.717) is 77.0 Å². The first-order chi connectivity index (χ1) is 36.9. The standard InChI is InChI=1S/C53H59N15O9/c1-7-66-46(59-52-56-35-26-31(45(54)71)16-18-37(35)64(52)5)33(30(3)62-66)13-9-8-10-24-67-40(25-29(2)61-67)48(73)60-53-57-36-27-32(17-19-38(36)65(53)6)49(74)63(4)23-12-22-55-43(70)28-77-41-15-11-14-34-44(41)51(76)68(50(34)75)39-20-21-42(69)58-47(39)72/h11,14-19,25-27,39H,7-10,12-13,20-24,28H2,1-6H3,(H2,54,71)(H,55,70)(H,56,59)(H,57,60,73)(H,58,69,72). The summed E-state index contributed by atoms with van der Waals surface area (Å²) in [6, 6.07) is 15.3. The van der Waals surface area contributed by atoms with E-state index in [1.165, 1.54) is 23.1 Å². The van der Waals surface area contributed by atoms with Crippen molar-refractivity contribution in [2.45, 2.75) is 84.8 Å². The smallest absolute Gasteiger partial charge is 0.276 e. The van der Waals surface area contributed by atoms with Crippen molar-refractivity contribution >= 4 is 87.0 Å². The minimum Gasteiger partial charge on any atom is -0.483 e. The van der Waals surface area contributed by atoms with Crippen molar-refractivity contribution < 1.29 is 43.1 Å². The maximum Gasteiger partial charge on any atom is 0.276 e. The fourth-order valence-electron chi connectivity index (χ4n) is 9.77. The number of anilines is 3. The number of nitrogens with zero attached hydrogens (tertiary/aromatic N) is 10. The van der Waals surface area contributed by atoms with Crippen LogP contribution in [0, 0.1) is 13.8 Å². The van der Waals surface area contributed by atoms with E-state index in [1.807, 2.05) is 43.1 Å². The van der Waals surface area contributed by atoms with E-state index >= 15 is 0 Å². The van der Waals surface area contributed by atoms with Gasteiger partial charge in [0, 0.05) is 70.4 Å². The number of aromatic nitrogens is 8. The molecule has 6 N–H and O–H groups in total. The topological polar surface area (TPSA) is 298 Å². The largest absolute Gasteiger partial charge is 0.483 e. The average molecular weight is 1050 g/mol. The molecule has 1 atom stereocenters. The second-order valence-electron chi connectivity index (χ2n) is 19.1. The Morgan fingerprint density at radius 1 is 0.844 bits per heavy atom. The molecule has 6 heterocycles. The van der Waals surface area contributed by atoms with Gasteiger partial charge in [-0.2, -0.15) is 10.2 Å². The van der Waals surface area contributed by atoms with Crippen LogP contribution in [0.5, 0.6) is 5.75 Å². The Labute approximate surface area is 441 Å². The number of carbonyl (C=O) groups excluding carboxylic acids is 8. The zero-order valence-electron chi connectivity index (χ0n) is 43.6. The Hall–Kier alpha value is -9.22. The van der Waals surface area contributed by atoms with Crippen molar-refractivity contribution in [3.05, 3.63) is 106 Å². The molecular weight excluding hydrogens is 991 g/mol. The summed E-state index contributed by atoms with van der Waals surface area (Å²) in [7, 11) is 5.33. The molecule has 7 aromatic rings. The lowest BCUT2D eigenvalue weighted by molar-refractivity contribution is -0.136. The van der Waals surface area contributed by atoms with Crippen molar-refractivity contribution in [3.63, 3.8) is 0 Å². The minimum atomic E-state index is -1.14. The predicted molar refractivity (Wildman–Crippen MR) is 282 cm³/mol. The highest BCUT2D eigenvalue weighted by Crippen LogP contribution is 2.34. The summed E-state index contributed by atoms with van der Waals surface area (Å²) in [5.74, 6) is -2.54. The third-order valence-electron chi connectivity index (χ3n) is 13.9. The second-order valence-corrected chi connectivity index (χ2v) is 19.1. The molecule has 24 heteroatoms. The molecule has 3 aromatic carbocycles. The van der Waals surface area contributed by atoms with E-state index in [9.17, 15) is 38.4 Å². The molecule has 400 valence electrons. The van der Waals surface area contributed by atoms with Crippen molar-refractivity contribution in [2.24, 2.45) is 19.8 Å². The van der Waals surface area contributed by atoms with E-state index in [4.69, 9.17) is 20.6 Å². The van der Waals surface area contributed by atoms with E-state index in [1.54, 1.807) is 59.7 Å². The fourth-order valence-corrected chi connectivity index (χ4v) is 9.77. The van der Waals surface area contributed by atoms with Crippen LogP contribution >= 0.6 is 0 Å². The van der Waals surface area contributed by atoms with Crippen molar-refractivity contribution in [2.75, 3.05) is 37.4 Å². The molecule has 2 aliphatic rings. The number of imidazole rings is 2. The molecule has 77 heavy (non-hydrogen) atoms. The number of nitrogens with one attached hydrogen (secondary N) is 4. The third kappa shape index (κ3) is 10.7. The SMILES string of the molecule is CCn1nc(C)c(CCCCCn2nc(C)cc2C(=O)Nc2nc3cc(C(=O)N(C)CCCNC(=O)COc4cccc5c4C(=O)N(C4CCC(=O)NC4=O)C5=O)ccc3n2C)c1Nc1nc2cc(C(N)=O)ccc2n1C. The van der Waals surface area contributed by atoms with Gasteiger partial charge in [0.15, 0.2) is 6.61 Å². The van der Waals surface area contributed by atoms with Gasteiger partial charge in [-0.3, -0.25) is 58.6 Å². The fraction of sp³-hybridized carbons (Fsp3) is 0.358. The van der Waals surface area contributed by atoms with Gasteiger partial charge in [-0.05, 0) is 107 Å². The number of carbonyl (C=O) groups is 8. The molecule has 1 saturated heterocycles. The Morgan fingerprint density at radius 3 is 2.29 bits per heavy atom. The Morgan fingerprint density at radius 2 is 1.56 bits per heavy atom. The quantitative estimate of drug-likeness (QED) is 0.0501. The maximum absolute atomic E-state index is 13.8. The van der Waals surface area contributed by atoms with Gasteiger partial charge in [0.1, 0.15) is 23.3 Å². The van der Waals surface area contributed by atoms with E-state index < -0.39 is 48.1 Å². The van der Waals surface area contributed by atoms with Gasteiger partial charge in [0.05, 0.1) is 44.6 Å². The Kier molecular flexibility index (Phi) is 15.0. The molecule has 0 bridgehead atoms. The van der Waals surface area contributed by atoms with Gasteiger partial charge in [-0.25, -0.2) is 14.6 Å². The molecule has 24 nitrogen and oxygen atoms in total. The van der Waals surface area contributed by atoms with Gasteiger partial charge < -0.3 is 35.1 Å². The van der Waals surface area contributed by atoms with Crippen LogP contribution in [0.1, 0.15) is 114 Å². The highest BCUT2D eigenvalue weighted by atomic mass is 16.5. The molecule has 8 amide bonds. The van der Waals surface area contributed by atoms with Crippen LogP contribution in [0.15, 0.2) is 60.7 Å². The van der Waals surface area contributed by atoms with Gasteiger partial charge >= 0.3 is 0 Å². The Balaban J connectivity index is 0.739. The molecule has 0 aliphatic carbocycles. The number of fused-ring (bicyclic) bond motifs is 3. The highest BCUT2D eigenvalue weighted by molar-refractivity contribution is 6.24. The van der Waals surface area contributed by atoms with Crippen LogP contribution in [0.3, 0.4) is 0 Å². The van der Waals surface area contributed by atoms with Crippen molar-refractivity contribution in [1.82, 2.24) is 59.1 Å². The summed E-state index contributed by atoms with van der Waals surface area (Å²) < 4.78 is 13.0. The minimum absolute atomic E-state index is 0.00548. The molecule has 4 aromatic heterocycles. The van der Waals surface area contributed by atoms with Gasteiger partial charge in [-0.1, -0.05) is 12.5 Å². The lowest BCUT2D eigenvalue weighted by Crippen LogP contribution is -2.54. The number of amides is 8. The number of aryl methyl sites for hydroxylation is 6. The molecule has 1 fully saturated rings. The van der Waals surface area contributed by atoms with E-state index in [2.05, 4.69) is 31.3 Å². The molecule has 9 rings (SSSR count). The average Bonchev–Trinajstić information content (AvgIpc) is 4.21. The Bertz CT molecular complexity index is 3550. The number of unbranched alkanes of at least 4 members (excludes halogenated alkanes) is 2. The first-order valence-corrected chi connectivity index (χ1v) is 25.3. The molecule has 0 saturated carbocycles. The summed E-state index contributed by atoms with van der Waals surface area (Å²) >= 11 is 0. The highest BCUT2D eigenvalue weighted by Gasteiger charge is 2.46. The monoisotopic (exact) mass is 1050 g/mol. The van der Waals surface area contributed by atoms with E-state index in [0.717, 1.165) is 53.2 Å². The van der Waals surface area contributed by atoms with E-state index in [-0.39, 0.29) is 48.1 Å². The van der Waals surface area contributed by atoms with Gasteiger partial charge in [-0.15, -0.1) is 0 Å². The van der Waals surface area contributed by atoms with Crippen LogP contribution in [0.2, 0.25) is 0 Å². The van der Waals surface area contributed by atoms with Crippen LogP contribution in [0.4, 0.5) is 17.7 Å². The van der Waals surface area contributed by atoms with Crippen LogP contribution in [-0.4, -0.2) is 129 Å². The number of hydrogen-bond acceptors (Lipinski definition) is 14. The van der Waals surface area contributed by atoms with Gasteiger partial charge in [0.25, 0.3) is 29.5 Å². The predicted octanol–water partition coefficient (Wildman–Crippen LogP) is 4.06. The first kappa shape index (κ1) is 52.6. The van der Waals surface area contributed by atoms with Gasteiger partial charge in [0.2, 0.25) is 29.6 Å². The lowest BCUT2D eigenvalue weighted by atomic mass is 10.0. The number of ether oxygens (including phenoxy) is 1. The number of nitrogens with two attached hydrogens (primary N) is 1. The van der Waals surface area contributed by atoms with Crippen molar-refractivity contribution in [1.29, 1.82) is 0 Å². The zero-order chi connectivity index (χ0) is 54.8. The summed E-state index contributed by atoms with van der Waals surface area (Å²) in [6.45, 7) is 7.07. The zero-order valence-corrected chi connectivity index (χ0v) is 43.6. The maximum atomic E-state index is 13.8.